The van der Waals surface area contributed by atoms with E-state index in [4.69, 9.17) is 9.84 Å². The first kappa shape index (κ1) is 9.74. The summed E-state index contributed by atoms with van der Waals surface area (Å²) < 4.78 is 5.12. The number of allylic oxidation sites excluding steroid dienone is 3. The molecule has 0 spiro atoms. The molecule has 1 N–H and O–H groups in total. The second-order valence-electron chi connectivity index (χ2n) is 2.78. The van der Waals surface area contributed by atoms with E-state index in [9.17, 15) is 4.79 Å². The van der Waals surface area contributed by atoms with Crippen LogP contribution < -0.4 is 0 Å². The van der Waals surface area contributed by atoms with Crippen molar-refractivity contribution >= 4 is 5.97 Å². The third kappa shape index (κ3) is 3.25. The monoisotopic (exact) mass is 180 g/mol. The molecule has 0 saturated carbocycles. The molecule has 0 radical (unpaired) electrons. The lowest BCUT2D eigenvalue weighted by Crippen LogP contribution is -2.09. The highest BCUT2D eigenvalue weighted by Crippen LogP contribution is 2.15. The van der Waals surface area contributed by atoms with E-state index in [0.717, 1.165) is 18.1 Å². The van der Waals surface area contributed by atoms with Crippen molar-refractivity contribution in [1.82, 2.24) is 0 Å². The van der Waals surface area contributed by atoms with Gasteiger partial charge in [0, 0.05) is 19.6 Å². The fraction of sp³-hybridized carbons (Fsp3) is 0.300. The van der Waals surface area contributed by atoms with Crippen LogP contribution in [0.5, 0.6) is 0 Å². The number of methoxy groups -OCH3 is 1. The number of carbonyl (C=O) groups is 1. The lowest BCUT2D eigenvalue weighted by molar-refractivity contribution is -0.131. The van der Waals surface area contributed by atoms with Gasteiger partial charge in [-0.15, -0.1) is 0 Å². The summed E-state index contributed by atoms with van der Waals surface area (Å²) in [4.78, 5) is 10.2. The molecular weight excluding hydrogens is 168 g/mol. The predicted molar refractivity (Wildman–Crippen MR) is 49.4 cm³/mol. The van der Waals surface area contributed by atoms with Gasteiger partial charge in [0.2, 0.25) is 0 Å². The Balaban J connectivity index is 2.57. The zero-order chi connectivity index (χ0) is 9.68. The van der Waals surface area contributed by atoms with Crippen molar-refractivity contribution in [1.29, 1.82) is 0 Å². The summed E-state index contributed by atoms with van der Waals surface area (Å²) in [6.45, 7) is 0. The fourth-order valence-electron chi connectivity index (χ4n) is 1.14. The Morgan fingerprint density at radius 3 is 3.15 bits per heavy atom. The molecule has 0 saturated heterocycles. The van der Waals surface area contributed by atoms with E-state index in [2.05, 4.69) is 0 Å². The molecule has 3 nitrogen and oxygen atoms in total. The maximum Gasteiger partial charge on any atom is 0.328 e. The maximum absolute atomic E-state index is 10.2. The van der Waals surface area contributed by atoms with E-state index in [1.165, 1.54) is 0 Å². The molecule has 1 rings (SSSR count). The minimum atomic E-state index is -0.926. The number of ether oxygens (including phenoxy) is 1. The van der Waals surface area contributed by atoms with Crippen molar-refractivity contribution in [2.45, 2.75) is 12.5 Å². The molecule has 13 heavy (non-hydrogen) atoms. The van der Waals surface area contributed by atoms with Gasteiger partial charge in [0.15, 0.2) is 0 Å². The maximum atomic E-state index is 10.2. The number of carboxylic acids is 1. The number of rotatable bonds is 3. The van der Waals surface area contributed by atoms with Crippen LogP contribution >= 0.6 is 0 Å². The van der Waals surface area contributed by atoms with Gasteiger partial charge in [-0.05, 0) is 5.57 Å². The number of hydrogen-bond donors (Lipinski definition) is 1. The smallest absolute Gasteiger partial charge is 0.328 e. The molecule has 0 fully saturated rings. The molecule has 3 heteroatoms. The van der Waals surface area contributed by atoms with Gasteiger partial charge in [-0.25, -0.2) is 4.79 Å². The molecule has 1 atom stereocenters. The van der Waals surface area contributed by atoms with Crippen LogP contribution in [0.2, 0.25) is 0 Å². The first-order valence-electron chi connectivity index (χ1n) is 4.03. The van der Waals surface area contributed by atoms with Gasteiger partial charge >= 0.3 is 5.97 Å². The van der Waals surface area contributed by atoms with Crippen molar-refractivity contribution in [2.75, 3.05) is 7.11 Å². The van der Waals surface area contributed by atoms with Crippen molar-refractivity contribution in [3.63, 3.8) is 0 Å². The third-order valence-electron chi connectivity index (χ3n) is 1.82. The molecule has 0 aromatic carbocycles. The Hall–Kier alpha value is -1.35. The van der Waals surface area contributed by atoms with Gasteiger partial charge in [-0.2, -0.15) is 0 Å². The molecule has 0 bridgehead atoms. The van der Waals surface area contributed by atoms with Crippen LogP contribution in [-0.4, -0.2) is 24.3 Å². The summed E-state index contributed by atoms with van der Waals surface area (Å²) in [5.74, 6) is -0.926. The molecule has 0 aromatic rings. The highest BCUT2D eigenvalue weighted by atomic mass is 16.5. The molecular formula is C10H12O3. The molecule has 0 heterocycles. The molecule has 1 aliphatic carbocycles. The van der Waals surface area contributed by atoms with Crippen LogP contribution in [0, 0.1) is 0 Å². The molecule has 0 aromatic heterocycles. The summed E-state index contributed by atoms with van der Waals surface area (Å²) >= 11 is 0. The van der Waals surface area contributed by atoms with Crippen molar-refractivity contribution in [3.8, 4) is 0 Å². The van der Waals surface area contributed by atoms with E-state index >= 15 is 0 Å². The first-order valence-corrected chi connectivity index (χ1v) is 4.03. The van der Waals surface area contributed by atoms with Crippen LogP contribution in [0.15, 0.2) is 36.0 Å². The Kier molecular flexibility index (Phi) is 3.46. The van der Waals surface area contributed by atoms with Crippen LogP contribution in [0.4, 0.5) is 0 Å². The largest absolute Gasteiger partial charge is 0.478 e. The molecule has 1 unspecified atom stereocenters. The van der Waals surface area contributed by atoms with E-state index < -0.39 is 5.97 Å². The van der Waals surface area contributed by atoms with Crippen molar-refractivity contribution in [3.05, 3.63) is 36.0 Å². The summed E-state index contributed by atoms with van der Waals surface area (Å²) in [6, 6.07) is 0. The van der Waals surface area contributed by atoms with E-state index in [-0.39, 0.29) is 6.10 Å². The summed E-state index contributed by atoms with van der Waals surface area (Å²) in [6.07, 6.45) is 9.23. The Labute approximate surface area is 77.0 Å². The van der Waals surface area contributed by atoms with Crippen LogP contribution in [0.3, 0.4) is 0 Å². The average molecular weight is 180 g/mol. The first-order chi connectivity index (χ1) is 6.22. The normalized spacial score (nSPS) is 21.9. The third-order valence-corrected chi connectivity index (χ3v) is 1.82. The standard InChI is InChI=1S/C10H12O3/c1-13-9-4-2-3-8(7-9)5-6-10(11)12/h2-6,9H,7H2,1H3,(H,11,12)/b6-5+. The number of carboxylic acid groups (broad SMARTS) is 1. The van der Waals surface area contributed by atoms with Crippen molar-refractivity contribution < 1.29 is 14.6 Å². The summed E-state index contributed by atoms with van der Waals surface area (Å²) in [7, 11) is 1.64. The number of hydrogen-bond acceptors (Lipinski definition) is 2. The van der Waals surface area contributed by atoms with Gasteiger partial charge in [0.25, 0.3) is 0 Å². The Morgan fingerprint density at radius 1 is 1.77 bits per heavy atom. The summed E-state index contributed by atoms with van der Waals surface area (Å²) in [5, 5.41) is 8.40. The van der Waals surface area contributed by atoms with E-state index in [1.54, 1.807) is 13.2 Å². The highest BCUT2D eigenvalue weighted by Gasteiger charge is 2.07. The second-order valence-corrected chi connectivity index (χ2v) is 2.78. The highest BCUT2D eigenvalue weighted by molar-refractivity contribution is 5.80. The van der Waals surface area contributed by atoms with Gasteiger partial charge in [0.1, 0.15) is 0 Å². The lowest BCUT2D eigenvalue weighted by atomic mass is 10.0. The van der Waals surface area contributed by atoms with Crippen LogP contribution in [-0.2, 0) is 9.53 Å². The minimum Gasteiger partial charge on any atom is -0.478 e. The quantitative estimate of drug-likeness (QED) is 0.670. The van der Waals surface area contributed by atoms with E-state index in [1.807, 2.05) is 18.2 Å². The zero-order valence-corrected chi connectivity index (χ0v) is 7.43. The van der Waals surface area contributed by atoms with Crippen LogP contribution in [0.25, 0.3) is 0 Å². The topological polar surface area (TPSA) is 46.5 Å². The molecule has 0 amide bonds. The predicted octanol–water partition coefficient (Wildman–Crippen LogP) is 1.53. The van der Waals surface area contributed by atoms with Crippen LogP contribution in [0.1, 0.15) is 6.42 Å². The molecule has 0 aliphatic heterocycles. The Morgan fingerprint density at radius 2 is 2.54 bits per heavy atom. The fourth-order valence-corrected chi connectivity index (χ4v) is 1.14. The van der Waals surface area contributed by atoms with Gasteiger partial charge in [0.05, 0.1) is 6.10 Å². The van der Waals surface area contributed by atoms with Gasteiger partial charge in [-0.1, -0.05) is 24.3 Å². The lowest BCUT2D eigenvalue weighted by Gasteiger charge is -2.14. The van der Waals surface area contributed by atoms with Crippen molar-refractivity contribution in [2.24, 2.45) is 0 Å². The van der Waals surface area contributed by atoms with E-state index in [0.29, 0.717) is 0 Å². The summed E-state index contributed by atoms with van der Waals surface area (Å²) in [5.41, 5.74) is 0.969. The number of aliphatic carboxylic acids is 1. The molecule has 70 valence electrons. The minimum absolute atomic E-state index is 0.0680. The van der Waals surface area contributed by atoms with Gasteiger partial charge < -0.3 is 9.84 Å². The second kappa shape index (κ2) is 4.62. The SMILES string of the molecule is COC1C=CC=C(/C=C/C(=O)O)C1. The Bertz CT molecular complexity index is 274. The average Bonchev–Trinajstić information content (AvgIpc) is 2.15. The zero-order valence-electron chi connectivity index (χ0n) is 7.43. The molecule has 1 aliphatic rings. The van der Waals surface area contributed by atoms with Gasteiger partial charge in [-0.3, -0.25) is 0 Å².